The summed E-state index contributed by atoms with van der Waals surface area (Å²) in [5, 5.41) is 14.7. The average molecular weight is 248 g/mol. The van der Waals surface area contributed by atoms with Crippen LogP contribution < -0.4 is 10.6 Å². The maximum Gasteiger partial charge on any atom is 0.315 e. The van der Waals surface area contributed by atoms with Crippen molar-refractivity contribution in [2.75, 3.05) is 6.54 Å². The fourth-order valence-electron chi connectivity index (χ4n) is 1.87. The molecular weight excluding hydrogens is 228 g/mol. The van der Waals surface area contributed by atoms with Crippen LogP contribution in [-0.2, 0) is 13.0 Å². The zero-order chi connectivity index (χ0) is 13.0. The zero-order valence-corrected chi connectivity index (χ0v) is 10.6. The molecule has 2 unspecified atom stereocenters. The summed E-state index contributed by atoms with van der Waals surface area (Å²) in [7, 11) is 0. The van der Waals surface area contributed by atoms with Crippen molar-refractivity contribution < 1.29 is 9.90 Å². The quantitative estimate of drug-likeness (QED) is 0.738. The zero-order valence-electron chi connectivity index (χ0n) is 10.6. The average Bonchev–Trinajstić information content (AvgIpc) is 3.05. The molecule has 0 spiro atoms. The standard InChI is InChI=1S/C14H20N2O2/c1-10-8-13(10)16-14(18)15-7-6-11-2-4-12(9-17)5-3-11/h2-5,10,13,17H,6-9H2,1H3,(H2,15,16,18). The van der Waals surface area contributed by atoms with E-state index in [-0.39, 0.29) is 12.6 Å². The summed E-state index contributed by atoms with van der Waals surface area (Å²) in [6, 6.07) is 8.07. The molecule has 0 bridgehead atoms. The minimum Gasteiger partial charge on any atom is -0.392 e. The van der Waals surface area contributed by atoms with Crippen LogP contribution >= 0.6 is 0 Å². The molecule has 1 saturated carbocycles. The fraction of sp³-hybridized carbons (Fsp3) is 0.500. The van der Waals surface area contributed by atoms with Crippen molar-refractivity contribution in [1.82, 2.24) is 10.6 Å². The van der Waals surface area contributed by atoms with E-state index in [1.165, 1.54) is 0 Å². The lowest BCUT2D eigenvalue weighted by Crippen LogP contribution is -2.38. The number of urea groups is 1. The summed E-state index contributed by atoms with van der Waals surface area (Å²) in [5.74, 6) is 0.627. The van der Waals surface area contributed by atoms with Gasteiger partial charge in [0, 0.05) is 12.6 Å². The molecule has 0 aromatic heterocycles. The maximum atomic E-state index is 11.5. The van der Waals surface area contributed by atoms with Gasteiger partial charge in [-0.3, -0.25) is 0 Å². The van der Waals surface area contributed by atoms with Gasteiger partial charge in [0.15, 0.2) is 0 Å². The number of aliphatic hydroxyl groups is 1. The molecule has 2 amide bonds. The van der Waals surface area contributed by atoms with Crippen LogP contribution in [0.25, 0.3) is 0 Å². The second-order valence-electron chi connectivity index (χ2n) is 4.94. The topological polar surface area (TPSA) is 61.4 Å². The molecule has 0 heterocycles. The molecule has 1 aliphatic carbocycles. The highest BCUT2D eigenvalue weighted by molar-refractivity contribution is 5.74. The van der Waals surface area contributed by atoms with Crippen LogP contribution in [0.5, 0.6) is 0 Å². The predicted octanol–water partition coefficient (Wildman–Crippen LogP) is 1.43. The van der Waals surface area contributed by atoms with Gasteiger partial charge in [-0.2, -0.15) is 0 Å². The number of rotatable bonds is 5. The minimum atomic E-state index is -0.0728. The third kappa shape index (κ3) is 3.74. The van der Waals surface area contributed by atoms with E-state index < -0.39 is 0 Å². The Labute approximate surface area is 107 Å². The number of hydrogen-bond acceptors (Lipinski definition) is 2. The van der Waals surface area contributed by atoms with Crippen molar-refractivity contribution in [1.29, 1.82) is 0 Å². The smallest absolute Gasteiger partial charge is 0.315 e. The van der Waals surface area contributed by atoms with E-state index in [1.54, 1.807) is 0 Å². The third-order valence-electron chi connectivity index (χ3n) is 3.33. The van der Waals surface area contributed by atoms with Crippen molar-refractivity contribution in [2.24, 2.45) is 5.92 Å². The Hall–Kier alpha value is -1.55. The van der Waals surface area contributed by atoms with Gasteiger partial charge in [0.05, 0.1) is 6.61 Å². The van der Waals surface area contributed by atoms with E-state index in [2.05, 4.69) is 17.6 Å². The van der Waals surface area contributed by atoms with Gasteiger partial charge in [-0.05, 0) is 29.9 Å². The first-order chi connectivity index (χ1) is 8.69. The largest absolute Gasteiger partial charge is 0.392 e. The minimum absolute atomic E-state index is 0.0699. The number of aliphatic hydroxyl groups excluding tert-OH is 1. The Bertz CT molecular complexity index is 403. The number of hydrogen-bond donors (Lipinski definition) is 3. The van der Waals surface area contributed by atoms with E-state index in [9.17, 15) is 4.79 Å². The van der Waals surface area contributed by atoms with E-state index in [0.717, 1.165) is 24.0 Å². The van der Waals surface area contributed by atoms with E-state index in [0.29, 0.717) is 18.5 Å². The van der Waals surface area contributed by atoms with Gasteiger partial charge in [0.25, 0.3) is 0 Å². The summed E-state index contributed by atoms with van der Waals surface area (Å²) >= 11 is 0. The number of amides is 2. The molecule has 2 atom stereocenters. The van der Waals surface area contributed by atoms with E-state index >= 15 is 0 Å². The van der Waals surface area contributed by atoms with Crippen molar-refractivity contribution in [3.8, 4) is 0 Å². The molecule has 2 rings (SSSR count). The van der Waals surface area contributed by atoms with Gasteiger partial charge in [-0.15, -0.1) is 0 Å². The normalized spacial score (nSPS) is 21.4. The summed E-state index contributed by atoms with van der Waals surface area (Å²) < 4.78 is 0. The first-order valence-corrected chi connectivity index (χ1v) is 6.42. The Morgan fingerprint density at radius 1 is 1.33 bits per heavy atom. The summed E-state index contributed by atoms with van der Waals surface area (Å²) in [5.41, 5.74) is 2.07. The van der Waals surface area contributed by atoms with Gasteiger partial charge in [-0.25, -0.2) is 4.79 Å². The molecule has 4 nitrogen and oxygen atoms in total. The lowest BCUT2D eigenvalue weighted by atomic mass is 10.1. The number of benzene rings is 1. The van der Waals surface area contributed by atoms with Crippen LogP contribution in [-0.4, -0.2) is 23.7 Å². The Balaban J connectivity index is 1.66. The summed E-state index contributed by atoms with van der Waals surface area (Å²) in [4.78, 5) is 11.5. The summed E-state index contributed by atoms with van der Waals surface area (Å²) in [6.07, 6.45) is 1.90. The highest BCUT2D eigenvalue weighted by Crippen LogP contribution is 2.28. The Morgan fingerprint density at radius 2 is 1.94 bits per heavy atom. The van der Waals surface area contributed by atoms with E-state index in [4.69, 9.17) is 5.11 Å². The van der Waals surface area contributed by atoms with Gasteiger partial charge in [0.2, 0.25) is 0 Å². The number of nitrogens with one attached hydrogen (secondary N) is 2. The maximum absolute atomic E-state index is 11.5. The molecule has 4 heteroatoms. The highest BCUT2D eigenvalue weighted by atomic mass is 16.3. The van der Waals surface area contributed by atoms with Crippen molar-refractivity contribution in [3.05, 3.63) is 35.4 Å². The van der Waals surface area contributed by atoms with Crippen LogP contribution in [0.4, 0.5) is 4.79 Å². The van der Waals surface area contributed by atoms with Crippen LogP contribution in [0.3, 0.4) is 0 Å². The van der Waals surface area contributed by atoms with Gasteiger partial charge in [0.1, 0.15) is 0 Å². The highest BCUT2D eigenvalue weighted by Gasteiger charge is 2.33. The SMILES string of the molecule is CC1CC1NC(=O)NCCc1ccc(CO)cc1. The monoisotopic (exact) mass is 248 g/mol. The van der Waals surface area contributed by atoms with Crippen molar-refractivity contribution >= 4 is 6.03 Å². The second-order valence-corrected chi connectivity index (χ2v) is 4.94. The predicted molar refractivity (Wildman–Crippen MR) is 70.2 cm³/mol. The van der Waals surface area contributed by atoms with E-state index in [1.807, 2.05) is 24.3 Å². The number of carbonyl (C=O) groups is 1. The van der Waals surface area contributed by atoms with Gasteiger partial charge >= 0.3 is 6.03 Å². The lowest BCUT2D eigenvalue weighted by Gasteiger charge is -2.07. The first-order valence-electron chi connectivity index (χ1n) is 6.42. The molecular formula is C14H20N2O2. The van der Waals surface area contributed by atoms with Crippen molar-refractivity contribution in [3.63, 3.8) is 0 Å². The molecule has 3 N–H and O–H groups in total. The van der Waals surface area contributed by atoms with Gasteiger partial charge in [-0.1, -0.05) is 31.2 Å². The molecule has 0 aliphatic heterocycles. The van der Waals surface area contributed by atoms with Crippen LogP contribution in [0.2, 0.25) is 0 Å². The van der Waals surface area contributed by atoms with Crippen LogP contribution in [0.15, 0.2) is 24.3 Å². The lowest BCUT2D eigenvalue weighted by molar-refractivity contribution is 0.240. The van der Waals surface area contributed by atoms with Crippen molar-refractivity contribution in [2.45, 2.75) is 32.4 Å². The molecule has 1 fully saturated rings. The number of carbonyl (C=O) groups excluding carboxylic acids is 1. The first kappa shape index (κ1) is 12.9. The third-order valence-corrected chi connectivity index (χ3v) is 3.33. The van der Waals surface area contributed by atoms with Crippen LogP contribution in [0.1, 0.15) is 24.5 Å². The molecule has 1 aromatic rings. The Morgan fingerprint density at radius 3 is 2.50 bits per heavy atom. The molecule has 18 heavy (non-hydrogen) atoms. The molecule has 98 valence electrons. The Kier molecular flexibility index (Phi) is 4.20. The molecule has 0 radical (unpaired) electrons. The van der Waals surface area contributed by atoms with Gasteiger partial charge < -0.3 is 15.7 Å². The molecule has 1 aliphatic rings. The summed E-state index contributed by atoms with van der Waals surface area (Å²) in [6.45, 7) is 2.83. The fourth-order valence-corrected chi connectivity index (χ4v) is 1.87. The molecule has 1 aromatic carbocycles. The van der Waals surface area contributed by atoms with Crippen LogP contribution in [0, 0.1) is 5.92 Å². The second kappa shape index (κ2) is 5.87. The molecule has 0 saturated heterocycles.